The van der Waals surface area contributed by atoms with Crippen LogP contribution in [0.4, 0.5) is 0 Å². The number of rotatable bonds is 6. The SMILES string of the molecule is CCNC(=NCC(c1ccccc1)c1ccccc1)NC1CC2CCC1O2.I. The van der Waals surface area contributed by atoms with E-state index in [-0.39, 0.29) is 29.9 Å². The van der Waals surface area contributed by atoms with Gasteiger partial charge < -0.3 is 15.4 Å². The second kappa shape index (κ2) is 10.3. The first-order valence-electron chi connectivity index (χ1n) is 10.1. The van der Waals surface area contributed by atoms with Gasteiger partial charge in [0.1, 0.15) is 0 Å². The fraction of sp³-hybridized carbons (Fsp3) is 0.435. The molecule has 4 nitrogen and oxygen atoms in total. The molecule has 150 valence electrons. The van der Waals surface area contributed by atoms with Gasteiger partial charge in [0.15, 0.2) is 5.96 Å². The van der Waals surface area contributed by atoms with Crippen molar-refractivity contribution >= 4 is 29.9 Å². The molecule has 2 saturated heterocycles. The molecule has 4 rings (SSSR count). The van der Waals surface area contributed by atoms with Gasteiger partial charge in [0, 0.05) is 12.5 Å². The van der Waals surface area contributed by atoms with Crippen LogP contribution in [0.2, 0.25) is 0 Å². The summed E-state index contributed by atoms with van der Waals surface area (Å²) in [6, 6.07) is 21.7. The van der Waals surface area contributed by atoms with E-state index in [1.54, 1.807) is 0 Å². The first-order valence-corrected chi connectivity index (χ1v) is 10.1. The first kappa shape index (κ1) is 21.1. The van der Waals surface area contributed by atoms with E-state index in [4.69, 9.17) is 9.73 Å². The molecule has 0 radical (unpaired) electrons. The molecule has 2 bridgehead atoms. The van der Waals surface area contributed by atoms with Crippen LogP contribution in [0.15, 0.2) is 65.7 Å². The Hall–Kier alpha value is -1.60. The van der Waals surface area contributed by atoms with Gasteiger partial charge >= 0.3 is 0 Å². The summed E-state index contributed by atoms with van der Waals surface area (Å²) < 4.78 is 5.98. The number of nitrogens with zero attached hydrogens (tertiary/aromatic N) is 1. The van der Waals surface area contributed by atoms with Crippen LogP contribution in [0.5, 0.6) is 0 Å². The first-order chi connectivity index (χ1) is 13.3. The van der Waals surface area contributed by atoms with E-state index >= 15 is 0 Å². The molecule has 28 heavy (non-hydrogen) atoms. The second-order valence-corrected chi connectivity index (χ2v) is 7.45. The molecule has 3 atom stereocenters. The third-order valence-corrected chi connectivity index (χ3v) is 5.61. The van der Waals surface area contributed by atoms with E-state index in [1.165, 1.54) is 24.0 Å². The van der Waals surface area contributed by atoms with Crippen molar-refractivity contribution in [3.8, 4) is 0 Å². The van der Waals surface area contributed by atoms with Gasteiger partial charge in [0.25, 0.3) is 0 Å². The highest BCUT2D eigenvalue weighted by atomic mass is 127. The Morgan fingerprint density at radius 1 is 1.04 bits per heavy atom. The Bertz CT molecular complexity index is 713. The Morgan fingerprint density at radius 2 is 1.68 bits per heavy atom. The van der Waals surface area contributed by atoms with Crippen LogP contribution >= 0.6 is 24.0 Å². The number of hydrogen-bond donors (Lipinski definition) is 2. The minimum Gasteiger partial charge on any atom is -0.373 e. The minimum absolute atomic E-state index is 0. The Balaban J connectivity index is 0.00000225. The van der Waals surface area contributed by atoms with Crippen molar-refractivity contribution in [2.45, 2.75) is 50.4 Å². The Morgan fingerprint density at radius 3 is 2.18 bits per heavy atom. The lowest BCUT2D eigenvalue weighted by atomic mass is 9.91. The van der Waals surface area contributed by atoms with Gasteiger partial charge in [0.2, 0.25) is 0 Å². The maximum absolute atomic E-state index is 5.98. The largest absolute Gasteiger partial charge is 0.373 e. The smallest absolute Gasteiger partial charge is 0.191 e. The van der Waals surface area contributed by atoms with Crippen LogP contribution in [-0.4, -0.2) is 37.3 Å². The molecule has 0 saturated carbocycles. The summed E-state index contributed by atoms with van der Waals surface area (Å²) >= 11 is 0. The highest BCUT2D eigenvalue weighted by molar-refractivity contribution is 14.0. The van der Waals surface area contributed by atoms with Crippen LogP contribution < -0.4 is 10.6 Å². The average Bonchev–Trinajstić information content (AvgIpc) is 3.33. The van der Waals surface area contributed by atoms with Crippen molar-refractivity contribution < 1.29 is 4.74 Å². The van der Waals surface area contributed by atoms with Gasteiger partial charge in [-0.05, 0) is 37.3 Å². The number of guanidine groups is 1. The molecule has 2 N–H and O–H groups in total. The van der Waals surface area contributed by atoms with Gasteiger partial charge in [-0.25, -0.2) is 0 Å². The molecule has 5 heteroatoms. The molecule has 2 aliphatic rings. The van der Waals surface area contributed by atoms with Crippen LogP contribution in [0.1, 0.15) is 43.2 Å². The number of ether oxygens (including phenoxy) is 1. The van der Waals surface area contributed by atoms with Crippen LogP contribution in [0, 0.1) is 0 Å². The van der Waals surface area contributed by atoms with Crippen molar-refractivity contribution in [2.24, 2.45) is 4.99 Å². The summed E-state index contributed by atoms with van der Waals surface area (Å²) in [4.78, 5) is 4.95. The highest BCUT2D eigenvalue weighted by Crippen LogP contribution is 2.34. The molecular formula is C23H30IN3O. The van der Waals surface area contributed by atoms with E-state index in [0.717, 1.165) is 18.9 Å². The van der Waals surface area contributed by atoms with E-state index in [2.05, 4.69) is 78.2 Å². The van der Waals surface area contributed by atoms with Crippen molar-refractivity contribution in [3.05, 3.63) is 71.8 Å². The van der Waals surface area contributed by atoms with Gasteiger partial charge in [-0.1, -0.05) is 60.7 Å². The lowest BCUT2D eigenvalue weighted by molar-refractivity contribution is 0.0992. The number of hydrogen-bond acceptors (Lipinski definition) is 2. The fourth-order valence-corrected chi connectivity index (χ4v) is 4.24. The van der Waals surface area contributed by atoms with E-state index in [9.17, 15) is 0 Å². The van der Waals surface area contributed by atoms with E-state index in [0.29, 0.717) is 24.8 Å². The maximum Gasteiger partial charge on any atom is 0.191 e. The average molecular weight is 491 g/mol. The zero-order valence-corrected chi connectivity index (χ0v) is 18.7. The van der Waals surface area contributed by atoms with E-state index < -0.39 is 0 Å². The molecule has 0 aliphatic carbocycles. The number of benzene rings is 2. The minimum atomic E-state index is 0. The Kier molecular flexibility index (Phi) is 7.73. The summed E-state index contributed by atoms with van der Waals surface area (Å²) in [7, 11) is 0. The monoisotopic (exact) mass is 491 g/mol. The maximum atomic E-state index is 5.98. The third-order valence-electron chi connectivity index (χ3n) is 5.61. The zero-order chi connectivity index (χ0) is 18.5. The van der Waals surface area contributed by atoms with Crippen molar-refractivity contribution in [1.29, 1.82) is 0 Å². The predicted octanol–water partition coefficient (Wildman–Crippen LogP) is 4.31. The normalized spacial score (nSPS) is 23.5. The van der Waals surface area contributed by atoms with Crippen molar-refractivity contribution in [1.82, 2.24) is 10.6 Å². The summed E-state index contributed by atoms with van der Waals surface area (Å²) in [6.45, 7) is 3.68. The van der Waals surface area contributed by atoms with Crippen LogP contribution in [0.3, 0.4) is 0 Å². The van der Waals surface area contributed by atoms with Gasteiger partial charge in [-0.2, -0.15) is 0 Å². The van der Waals surface area contributed by atoms with Crippen LogP contribution in [0.25, 0.3) is 0 Å². The highest BCUT2D eigenvalue weighted by Gasteiger charge is 2.41. The standard InChI is InChI=1S/C23H29N3O.HI/c1-2-24-23(26-21-15-19-13-14-22(21)27-19)25-16-20(17-9-5-3-6-10-17)18-11-7-4-8-12-18;/h3-12,19-22H,2,13-16H2,1H3,(H2,24,25,26);1H. The zero-order valence-electron chi connectivity index (χ0n) is 16.4. The molecule has 2 aliphatic heterocycles. The molecule has 2 aromatic rings. The topological polar surface area (TPSA) is 45.7 Å². The summed E-state index contributed by atoms with van der Waals surface area (Å²) in [6.07, 6.45) is 4.25. The molecular weight excluding hydrogens is 461 g/mol. The number of aliphatic imine (C=N–C) groups is 1. The number of halogens is 1. The van der Waals surface area contributed by atoms with Crippen molar-refractivity contribution in [3.63, 3.8) is 0 Å². The number of fused-ring (bicyclic) bond motifs is 2. The quantitative estimate of drug-likeness (QED) is 0.360. The number of nitrogens with one attached hydrogen (secondary N) is 2. The second-order valence-electron chi connectivity index (χ2n) is 7.45. The Labute approximate surface area is 185 Å². The molecule has 0 spiro atoms. The fourth-order valence-electron chi connectivity index (χ4n) is 4.24. The summed E-state index contributed by atoms with van der Waals surface area (Å²) in [5.41, 5.74) is 2.60. The van der Waals surface area contributed by atoms with Gasteiger partial charge in [-0.3, -0.25) is 4.99 Å². The molecule has 2 heterocycles. The van der Waals surface area contributed by atoms with Crippen molar-refractivity contribution in [2.75, 3.05) is 13.1 Å². The molecule has 0 amide bonds. The summed E-state index contributed by atoms with van der Waals surface area (Å²) in [5, 5.41) is 7.03. The van der Waals surface area contributed by atoms with Crippen LogP contribution in [-0.2, 0) is 4.74 Å². The van der Waals surface area contributed by atoms with Gasteiger partial charge in [0.05, 0.1) is 24.8 Å². The molecule has 2 fully saturated rings. The third kappa shape index (κ3) is 5.06. The van der Waals surface area contributed by atoms with E-state index in [1.807, 2.05) is 0 Å². The summed E-state index contributed by atoms with van der Waals surface area (Å²) in [5.74, 6) is 1.15. The predicted molar refractivity (Wildman–Crippen MR) is 126 cm³/mol. The molecule has 0 aromatic heterocycles. The van der Waals surface area contributed by atoms with Gasteiger partial charge in [-0.15, -0.1) is 24.0 Å². The lowest BCUT2D eigenvalue weighted by Crippen LogP contribution is -2.47. The lowest BCUT2D eigenvalue weighted by Gasteiger charge is -2.23. The molecule has 2 aromatic carbocycles. The molecule has 3 unspecified atom stereocenters.